The van der Waals surface area contributed by atoms with Crippen molar-refractivity contribution in [3.63, 3.8) is 0 Å². The van der Waals surface area contributed by atoms with Gasteiger partial charge in [-0.25, -0.2) is 9.18 Å². The molecule has 8 heteroatoms. The minimum atomic E-state index is -0.968. The van der Waals surface area contributed by atoms with Crippen molar-refractivity contribution in [1.82, 2.24) is 0 Å². The lowest BCUT2D eigenvalue weighted by molar-refractivity contribution is -0.384. The number of esters is 1. The van der Waals surface area contributed by atoms with Crippen LogP contribution in [-0.4, -0.2) is 29.8 Å². The zero-order valence-corrected chi connectivity index (χ0v) is 19.2. The molecule has 7 nitrogen and oxygen atoms in total. The van der Waals surface area contributed by atoms with Crippen LogP contribution in [0, 0.1) is 15.9 Å². The third kappa shape index (κ3) is 3.53. The number of nitro benzene ring substituents is 1. The van der Waals surface area contributed by atoms with Gasteiger partial charge in [0.15, 0.2) is 0 Å². The van der Waals surface area contributed by atoms with Gasteiger partial charge in [0.1, 0.15) is 18.2 Å². The molecule has 0 radical (unpaired) electrons. The standard InChI is InChI=1S/C27H23FN2O5/c1-26(2)21-8-4-6-10-23(21)29(15-16-34-25(31)20-7-3-5-9-22(20)28)27(26)14-13-18-17-19(30(32)33)11-12-24(18)35-27/h3-14,17H,15-16H2,1-2H3/t27-/m1/s1. The van der Waals surface area contributed by atoms with E-state index in [1.165, 1.54) is 30.3 Å². The third-order valence-electron chi connectivity index (χ3n) is 6.77. The van der Waals surface area contributed by atoms with Gasteiger partial charge >= 0.3 is 5.97 Å². The molecule has 3 aromatic carbocycles. The Morgan fingerprint density at radius 1 is 1.11 bits per heavy atom. The summed E-state index contributed by atoms with van der Waals surface area (Å²) in [5.74, 6) is -0.847. The summed E-state index contributed by atoms with van der Waals surface area (Å²) in [5.41, 5.74) is 0.971. The van der Waals surface area contributed by atoms with Crippen LogP contribution >= 0.6 is 0 Å². The van der Waals surface area contributed by atoms with E-state index in [9.17, 15) is 19.3 Å². The van der Waals surface area contributed by atoms with E-state index in [1.54, 1.807) is 12.1 Å². The number of benzene rings is 3. The predicted molar refractivity (Wildman–Crippen MR) is 129 cm³/mol. The van der Waals surface area contributed by atoms with Crippen LogP contribution in [0.2, 0.25) is 0 Å². The normalized spacial score (nSPS) is 19.1. The quantitative estimate of drug-likeness (QED) is 0.276. The molecule has 0 saturated carbocycles. The Kier molecular flexibility index (Phi) is 5.31. The molecule has 178 valence electrons. The molecule has 3 aromatic rings. The Morgan fingerprint density at radius 2 is 1.86 bits per heavy atom. The highest BCUT2D eigenvalue weighted by molar-refractivity contribution is 5.89. The molecule has 0 N–H and O–H groups in total. The summed E-state index contributed by atoms with van der Waals surface area (Å²) in [6, 6.07) is 18.1. The van der Waals surface area contributed by atoms with Crippen LogP contribution in [0.3, 0.4) is 0 Å². The first-order valence-corrected chi connectivity index (χ1v) is 11.2. The van der Waals surface area contributed by atoms with Gasteiger partial charge in [-0.3, -0.25) is 10.1 Å². The van der Waals surface area contributed by atoms with Gasteiger partial charge in [0, 0.05) is 23.4 Å². The molecule has 2 heterocycles. The topological polar surface area (TPSA) is 81.9 Å². The van der Waals surface area contributed by atoms with Gasteiger partial charge in [0.2, 0.25) is 5.72 Å². The number of ether oxygens (including phenoxy) is 2. The molecule has 35 heavy (non-hydrogen) atoms. The smallest absolute Gasteiger partial charge is 0.341 e. The first kappa shape index (κ1) is 22.6. The number of fused-ring (bicyclic) bond motifs is 2. The number of hydrogen-bond acceptors (Lipinski definition) is 6. The lowest BCUT2D eigenvalue weighted by Gasteiger charge is -2.47. The molecule has 0 bridgehead atoms. The fraction of sp³-hybridized carbons (Fsp3) is 0.222. The summed E-state index contributed by atoms with van der Waals surface area (Å²) >= 11 is 0. The fourth-order valence-electron chi connectivity index (χ4n) is 4.93. The first-order valence-electron chi connectivity index (χ1n) is 11.2. The fourth-order valence-corrected chi connectivity index (χ4v) is 4.93. The number of carbonyl (C=O) groups is 1. The minimum absolute atomic E-state index is 0.00362. The summed E-state index contributed by atoms with van der Waals surface area (Å²) in [4.78, 5) is 25.2. The van der Waals surface area contributed by atoms with Crippen molar-refractivity contribution >= 4 is 23.4 Å². The lowest BCUT2D eigenvalue weighted by atomic mass is 9.76. The third-order valence-corrected chi connectivity index (χ3v) is 6.77. The highest BCUT2D eigenvalue weighted by Crippen LogP contribution is 2.54. The second kappa shape index (κ2) is 8.23. The molecule has 0 amide bonds. The zero-order chi connectivity index (χ0) is 24.8. The van der Waals surface area contributed by atoms with Gasteiger partial charge in [-0.15, -0.1) is 0 Å². The summed E-state index contributed by atoms with van der Waals surface area (Å²) in [7, 11) is 0. The van der Waals surface area contributed by atoms with Crippen molar-refractivity contribution in [2.24, 2.45) is 0 Å². The zero-order valence-electron chi connectivity index (χ0n) is 19.2. The molecule has 1 spiro atoms. The number of carbonyl (C=O) groups excluding carboxylic acids is 1. The predicted octanol–water partition coefficient (Wildman–Crippen LogP) is 5.49. The number of nitrogens with zero attached hydrogens (tertiary/aromatic N) is 2. The Balaban J connectivity index is 1.47. The number of non-ortho nitro benzene ring substituents is 1. The van der Waals surface area contributed by atoms with Gasteiger partial charge in [-0.1, -0.05) is 30.3 Å². The molecule has 2 aliphatic rings. The SMILES string of the molecule is CC1(C)c2ccccc2N(CCOC(=O)c2ccccc2F)[C@@]12C=Cc1cc([N+](=O)[O-])ccc1O2. The molecule has 0 aliphatic carbocycles. The van der Waals surface area contributed by atoms with Crippen molar-refractivity contribution in [3.05, 3.63) is 105 Å². The molecule has 2 aliphatic heterocycles. The van der Waals surface area contributed by atoms with E-state index in [1.807, 2.05) is 41.3 Å². The van der Waals surface area contributed by atoms with Crippen molar-refractivity contribution in [2.75, 3.05) is 18.1 Å². The molecular formula is C27H23FN2O5. The van der Waals surface area contributed by atoms with Gasteiger partial charge in [-0.2, -0.15) is 0 Å². The van der Waals surface area contributed by atoms with Gasteiger partial charge in [0.25, 0.3) is 5.69 Å². The average molecular weight is 474 g/mol. The van der Waals surface area contributed by atoms with E-state index in [-0.39, 0.29) is 24.4 Å². The second-order valence-corrected chi connectivity index (χ2v) is 9.02. The van der Waals surface area contributed by atoms with E-state index in [4.69, 9.17) is 9.47 Å². The molecule has 1 atom stereocenters. The summed E-state index contributed by atoms with van der Waals surface area (Å²) in [6.07, 6.45) is 3.73. The molecule has 0 aromatic heterocycles. The maximum atomic E-state index is 14.0. The van der Waals surface area contributed by atoms with Crippen LogP contribution in [0.5, 0.6) is 5.75 Å². The molecular weight excluding hydrogens is 451 g/mol. The lowest BCUT2D eigenvalue weighted by Crippen LogP contribution is -2.60. The van der Waals surface area contributed by atoms with Crippen molar-refractivity contribution in [2.45, 2.75) is 25.0 Å². The maximum absolute atomic E-state index is 14.0. The number of rotatable bonds is 5. The monoisotopic (exact) mass is 474 g/mol. The van der Waals surface area contributed by atoms with Crippen LogP contribution in [-0.2, 0) is 10.2 Å². The number of para-hydroxylation sites is 1. The van der Waals surface area contributed by atoms with Crippen molar-refractivity contribution < 1.29 is 23.6 Å². The molecule has 5 rings (SSSR count). The van der Waals surface area contributed by atoms with E-state index in [0.29, 0.717) is 11.3 Å². The molecule has 0 fully saturated rings. The average Bonchev–Trinajstić information content (AvgIpc) is 3.02. The molecule has 0 unspecified atom stereocenters. The van der Waals surface area contributed by atoms with Gasteiger partial charge < -0.3 is 14.4 Å². The van der Waals surface area contributed by atoms with E-state index < -0.39 is 27.8 Å². The van der Waals surface area contributed by atoms with Crippen LogP contribution in [0.1, 0.15) is 35.3 Å². The summed E-state index contributed by atoms with van der Waals surface area (Å²) in [5, 5.41) is 11.2. The summed E-state index contributed by atoms with van der Waals surface area (Å²) < 4.78 is 26.0. The van der Waals surface area contributed by atoms with E-state index >= 15 is 0 Å². The van der Waals surface area contributed by atoms with E-state index in [2.05, 4.69) is 13.8 Å². The highest BCUT2D eigenvalue weighted by atomic mass is 19.1. The number of hydrogen-bond donors (Lipinski definition) is 0. The Bertz CT molecular complexity index is 1370. The van der Waals surface area contributed by atoms with Crippen molar-refractivity contribution in [1.29, 1.82) is 0 Å². The van der Waals surface area contributed by atoms with Crippen LogP contribution in [0.25, 0.3) is 6.08 Å². The second-order valence-electron chi connectivity index (χ2n) is 9.02. The van der Waals surface area contributed by atoms with Crippen LogP contribution in [0.15, 0.2) is 72.8 Å². The number of halogens is 1. The van der Waals surface area contributed by atoms with E-state index in [0.717, 1.165) is 11.3 Å². The highest BCUT2D eigenvalue weighted by Gasteiger charge is 2.58. The Hall–Kier alpha value is -4.20. The van der Waals surface area contributed by atoms with Crippen LogP contribution < -0.4 is 9.64 Å². The molecule has 0 saturated heterocycles. The van der Waals surface area contributed by atoms with Gasteiger partial charge in [0.05, 0.1) is 22.4 Å². The largest absolute Gasteiger partial charge is 0.463 e. The maximum Gasteiger partial charge on any atom is 0.341 e. The number of nitro groups is 1. The Morgan fingerprint density at radius 3 is 2.63 bits per heavy atom. The first-order chi connectivity index (χ1) is 16.7. The summed E-state index contributed by atoms with van der Waals surface area (Å²) in [6.45, 7) is 4.42. The van der Waals surface area contributed by atoms with Crippen LogP contribution in [0.4, 0.5) is 15.8 Å². The minimum Gasteiger partial charge on any atom is -0.463 e. The van der Waals surface area contributed by atoms with Crippen molar-refractivity contribution in [3.8, 4) is 5.75 Å². The Labute approximate surface area is 201 Å². The number of anilines is 1. The van der Waals surface area contributed by atoms with Gasteiger partial charge in [-0.05, 0) is 55.8 Å².